The third-order valence-electron chi connectivity index (χ3n) is 3.99. The molecule has 0 radical (unpaired) electrons. The lowest BCUT2D eigenvalue weighted by Crippen LogP contribution is -2.11. The maximum atomic E-state index is 11.8. The highest BCUT2D eigenvalue weighted by Gasteiger charge is 2.23. The van der Waals surface area contributed by atoms with Gasteiger partial charge < -0.3 is 5.11 Å². The molecule has 0 aliphatic rings. The van der Waals surface area contributed by atoms with E-state index in [9.17, 15) is 18.3 Å². The third-order valence-corrected chi connectivity index (χ3v) is 6.99. The predicted octanol–water partition coefficient (Wildman–Crippen LogP) is 5.04. The quantitative estimate of drug-likeness (QED) is 0.591. The Kier molecular flexibility index (Phi) is 5.33. The Labute approximate surface area is 170 Å². The first kappa shape index (κ1) is 19.9. The molecule has 3 N–H and O–H groups in total. The van der Waals surface area contributed by atoms with Gasteiger partial charge in [0.1, 0.15) is 4.88 Å². The van der Waals surface area contributed by atoms with Crippen LogP contribution < -0.4 is 5.14 Å². The molecule has 0 saturated heterocycles. The summed E-state index contributed by atoms with van der Waals surface area (Å²) in [6, 6.07) is 10.9. The number of nitrogens with two attached hydrogens (primary N) is 1. The first-order valence-corrected chi connectivity index (χ1v) is 10.7. The van der Waals surface area contributed by atoms with Gasteiger partial charge in [-0.25, -0.2) is 18.4 Å². The molecule has 0 fully saturated rings. The summed E-state index contributed by atoms with van der Waals surface area (Å²) in [4.78, 5) is 12.6. The van der Waals surface area contributed by atoms with Crippen LogP contribution in [0.25, 0.3) is 21.6 Å². The molecule has 3 rings (SSSR count). The number of carboxylic acids is 1. The molecule has 5 nitrogen and oxygen atoms in total. The zero-order valence-corrected chi connectivity index (χ0v) is 17.0. The Hall–Kier alpha value is -1.90. The van der Waals surface area contributed by atoms with Crippen LogP contribution in [0.1, 0.15) is 15.2 Å². The number of thiophene rings is 1. The number of aromatic carboxylic acids is 1. The van der Waals surface area contributed by atoms with E-state index in [1.807, 2.05) is 6.92 Å². The van der Waals surface area contributed by atoms with Crippen molar-refractivity contribution in [3.05, 3.63) is 63.0 Å². The summed E-state index contributed by atoms with van der Waals surface area (Å²) in [5, 5.41) is 15.5. The first-order valence-electron chi connectivity index (χ1n) is 7.55. The molecule has 0 saturated carbocycles. The average Bonchev–Trinajstić information content (AvgIpc) is 2.94. The number of benzene rings is 2. The normalized spacial score (nSPS) is 11.6. The summed E-state index contributed by atoms with van der Waals surface area (Å²) >= 11 is 13.2. The lowest BCUT2D eigenvalue weighted by molar-refractivity contribution is 0.0703. The second kappa shape index (κ2) is 7.26. The predicted molar refractivity (Wildman–Crippen MR) is 108 cm³/mol. The topological polar surface area (TPSA) is 97.5 Å². The highest BCUT2D eigenvalue weighted by molar-refractivity contribution is 7.89. The summed E-state index contributed by atoms with van der Waals surface area (Å²) in [5.74, 6) is -1.07. The minimum absolute atomic E-state index is 0.0410. The third kappa shape index (κ3) is 3.88. The SMILES string of the molecule is Cc1c(-c2ccc(Cl)c(Cl)c2)sc(C(=O)O)c1-c1ccc(S(N)(=O)=O)cc1. The lowest BCUT2D eigenvalue weighted by Gasteiger charge is -2.06. The fourth-order valence-corrected chi connectivity index (χ4v) is 4.71. The van der Waals surface area contributed by atoms with Crippen LogP contribution in [-0.2, 0) is 10.0 Å². The van der Waals surface area contributed by atoms with Crippen LogP contribution in [0.15, 0.2) is 47.4 Å². The van der Waals surface area contributed by atoms with Gasteiger partial charge in [-0.2, -0.15) is 0 Å². The molecular formula is C18H13Cl2NO4S2. The van der Waals surface area contributed by atoms with Gasteiger partial charge in [-0.1, -0.05) is 41.4 Å². The number of hydrogen-bond acceptors (Lipinski definition) is 4. The van der Waals surface area contributed by atoms with Crippen LogP contribution in [0.5, 0.6) is 0 Å². The van der Waals surface area contributed by atoms with Gasteiger partial charge in [-0.05, 0) is 47.9 Å². The van der Waals surface area contributed by atoms with Gasteiger partial charge in [0.05, 0.1) is 14.9 Å². The van der Waals surface area contributed by atoms with Crippen molar-refractivity contribution in [1.29, 1.82) is 0 Å². The molecular weight excluding hydrogens is 429 g/mol. The number of rotatable bonds is 4. The molecule has 2 aromatic carbocycles. The highest BCUT2D eigenvalue weighted by atomic mass is 35.5. The van der Waals surface area contributed by atoms with Crippen LogP contribution in [0.4, 0.5) is 0 Å². The molecule has 3 aromatic rings. The van der Waals surface area contributed by atoms with Gasteiger partial charge in [0, 0.05) is 10.4 Å². The van der Waals surface area contributed by atoms with Gasteiger partial charge in [0.15, 0.2) is 0 Å². The molecule has 1 aromatic heterocycles. The van der Waals surface area contributed by atoms with Crippen molar-refractivity contribution in [2.24, 2.45) is 5.14 Å². The largest absolute Gasteiger partial charge is 0.477 e. The summed E-state index contributed by atoms with van der Waals surface area (Å²) in [6.07, 6.45) is 0. The van der Waals surface area contributed by atoms with Gasteiger partial charge >= 0.3 is 5.97 Å². The molecule has 0 aliphatic carbocycles. The van der Waals surface area contributed by atoms with Crippen molar-refractivity contribution in [2.45, 2.75) is 11.8 Å². The van der Waals surface area contributed by atoms with Crippen LogP contribution in [-0.4, -0.2) is 19.5 Å². The van der Waals surface area contributed by atoms with E-state index in [0.29, 0.717) is 21.2 Å². The number of halogens is 2. The van der Waals surface area contributed by atoms with Crippen LogP contribution in [0.2, 0.25) is 10.0 Å². The van der Waals surface area contributed by atoms with Crippen LogP contribution >= 0.6 is 34.5 Å². The van der Waals surface area contributed by atoms with E-state index in [0.717, 1.165) is 27.3 Å². The van der Waals surface area contributed by atoms with Crippen molar-refractivity contribution in [3.8, 4) is 21.6 Å². The number of sulfonamides is 1. The number of primary sulfonamides is 1. The molecule has 140 valence electrons. The van der Waals surface area contributed by atoms with Crippen molar-refractivity contribution in [2.75, 3.05) is 0 Å². The second-order valence-electron chi connectivity index (χ2n) is 5.76. The van der Waals surface area contributed by atoms with E-state index in [2.05, 4.69) is 0 Å². The maximum Gasteiger partial charge on any atom is 0.346 e. The smallest absolute Gasteiger partial charge is 0.346 e. The average molecular weight is 442 g/mol. The molecule has 0 atom stereocenters. The zero-order chi connectivity index (χ0) is 19.9. The second-order valence-corrected chi connectivity index (χ2v) is 9.16. The molecule has 9 heteroatoms. The number of carbonyl (C=O) groups is 1. The van der Waals surface area contributed by atoms with Crippen molar-refractivity contribution in [1.82, 2.24) is 0 Å². The van der Waals surface area contributed by atoms with Crippen molar-refractivity contribution >= 4 is 50.5 Å². The Morgan fingerprint density at radius 3 is 2.15 bits per heavy atom. The Bertz CT molecular complexity index is 1150. The standard InChI is InChI=1S/C18H13Cl2NO4S2/c1-9-15(10-2-5-12(6-3-10)27(21,24)25)17(18(22)23)26-16(9)11-4-7-13(19)14(20)8-11/h2-8H,1H3,(H,22,23)(H2,21,24,25). The minimum Gasteiger partial charge on any atom is -0.477 e. The molecule has 0 unspecified atom stereocenters. The summed E-state index contributed by atoms with van der Waals surface area (Å²) in [6.45, 7) is 1.81. The van der Waals surface area contributed by atoms with E-state index in [-0.39, 0.29) is 9.77 Å². The summed E-state index contributed by atoms with van der Waals surface area (Å²) in [7, 11) is -3.83. The Morgan fingerprint density at radius 1 is 1.04 bits per heavy atom. The Morgan fingerprint density at radius 2 is 1.63 bits per heavy atom. The van der Waals surface area contributed by atoms with E-state index >= 15 is 0 Å². The van der Waals surface area contributed by atoms with Crippen molar-refractivity contribution < 1.29 is 18.3 Å². The van der Waals surface area contributed by atoms with E-state index in [1.54, 1.807) is 30.3 Å². The van der Waals surface area contributed by atoms with Crippen molar-refractivity contribution in [3.63, 3.8) is 0 Å². The maximum absolute atomic E-state index is 11.8. The van der Waals surface area contributed by atoms with Gasteiger partial charge in [0.25, 0.3) is 0 Å². The summed E-state index contributed by atoms with van der Waals surface area (Å²) in [5.41, 5.74) is 2.61. The van der Waals surface area contributed by atoms with Crippen LogP contribution in [0.3, 0.4) is 0 Å². The molecule has 0 bridgehead atoms. The van der Waals surface area contributed by atoms with E-state index in [1.165, 1.54) is 12.1 Å². The molecule has 0 spiro atoms. The number of carboxylic acid groups (broad SMARTS) is 1. The molecule has 0 amide bonds. The van der Waals surface area contributed by atoms with E-state index in [4.69, 9.17) is 28.3 Å². The van der Waals surface area contributed by atoms with Gasteiger partial charge in [-0.3, -0.25) is 0 Å². The van der Waals surface area contributed by atoms with Gasteiger partial charge in [0.2, 0.25) is 10.0 Å². The zero-order valence-electron chi connectivity index (χ0n) is 13.9. The highest BCUT2D eigenvalue weighted by Crippen LogP contribution is 2.43. The lowest BCUT2D eigenvalue weighted by atomic mass is 9.99. The van der Waals surface area contributed by atoms with Gasteiger partial charge in [-0.15, -0.1) is 11.3 Å². The summed E-state index contributed by atoms with van der Waals surface area (Å²) < 4.78 is 22.9. The molecule has 0 aliphatic heterocycles. The monoisotopic (exact) mass is 441 g/mol. The van der Waals surface area contributed by atoms with Crippen LogP contribution in [0, 0.1) is 6.92 Å². The molecule has 27 heavy (non-hydrogen) atoms. The Balaban J connectivity index is 2.19. The minimum atomic E-state index is -3.83. The molecule has 1 heterocycles. The van der Waals surface area contributed by atoms with E-state index < -0.39 is 16.0 Å². The first-order chi connectivity index (χ1) is 12.6. The fourth-order valence-electron chi connectivity index (χ4n) is 2.74. The number of hydrogen-bond donors (Lipinski definition) is 2. The fraction of sp³-hybridized carbons (Fsp3) is 0.0556.